The molecule has 2 N–H and O–H groups in total. The Labute approximate surface area is 153 Å². The maximum atomic E-state index is 12.2. The minimum Gasteiger partial charge on any atom is -0.495 e. The highest BCUT2D eigenvalue weighted by Crippen LogP contribution is 2.27. The molecule has 1 fully saturated rings. The molecule has 2 aromatic carbocycles. The zero-order valence-electron chi connectivity index (χ0n) is 14.3. The van der Waals surface area contributed by atoms with E-state index in [0.29, 0.717) is 11.6 Å². The van der Waals surface area contributed by atoms with Crippen molar-refractivity contribution in [3.05, 3.63) is 53.6 Å². The molecular formula is C19H23ClN3O2+. The molecule has 25 heavy (non-hydrogen) atoms. The summed E-state index contributed by atoms with van der Waals surface area (Å²) in [7, 11) is 1.70. The number of hydrogen-bond donors (Lipinski definition) is 2. The smallest absolute Gasteiger partial charge is 0.279 e. The average Bonchev–Trinajstić information content (AvgIpc) is 2.64. The van der Waals surface area contributed by atoms with E-state index in [-0.39, 0.29) is 5.91 Å². The molecular weight excluding hydrogens is 338 g/mol. The molecule has 0 aliphatic carbocycles. The first kappa shape index (κ1) is 17.6. The normalized spacial score (nSPS) is 15.0. The van der Waals surface area contributed by atoms with E-state index in [1.54, 1.807) is 19.2 Å². The minimum atomic E-state index is 0.0306. The summed E-state index contributed by atoms with van der Waals surface area (Å²) in [6, 6.07) is 15.2. The summed E-state index contributed by atoms with van der Waals surface area (Å²) >= 11 is 5.86. The lowest BCUT2D eigenvalue weighted by Gasteiger charge is -2.34. The van der Waals surface area contributed by atoms with Gasteiger partial charge in [-0.3, -0.25) is 4.79 Å². The second-order valence-corrected chi connectivity index (χ2v) is 6.58. The van der Waals surface area contributed by atoms with Gasteiger partial charge >= 0.3 is 0 Å². The largest absolute Gasteiger partial charge is 0.495 e. The van der Waals surface area contributed by atoms with E-state index in [1.807, 2.05) is 30.3 Å². The third kappa shape index (κ3) is 4.65. The second kappa shape index (κ2) is 8.23. The topological polar surface area (TPSA) is 46.0 Å². The molecule has 1 saturated heterocycles. The zero-order chi connectivity index (χ0) is 17.6. The van der Waals surface area contributed by atoms with E-state index >= 15 is 0 Å². The number of nitrogens with zero attached hydrogens (tertiary/aromatic N) is 1. The summed E-state index contributed by atoms with van der Waals surface area (Å²) in [4.78, 5) is 15.8. The number of quaternary nitrogens is 1. The number of rotatable bonds is 5. The summed E-state index contributed by atoms with van der Waals surface area (Å²) in [5.74, 6) is 0.925. The van der Waals surface area contributed by atoms with Crippen molar-refractivity contribution in [2.24, 2.45) is 0 Å². The van der Waals surface area contributed by atoms with Crippen molar-refractivity contribution in [1.29, 1.82) is 0 Å². The van der Waals surface area contributed by atoms with Gasteiger partial charge in [-0.15, -0.1) is 0 Å². The lowest BCUT2D eigenvalue weighted by Crippen LogP contribution is -3.15. The summed E-state index contributed by atoms with van der Waals surface area (Å²) in [6.07, 6.45) is 0. The third-order valence-corrected chi connectivity index (χ3v) is 4.69. The van der Waals surface area contributed by atoms with E-state index in [2.05, 4.69) is 16.3 Å². The Morgan fingerprint density at radius 3 is 2.52 bits per heavy atom. The van der Waals surface area contributed by atoms with Gasteiger partial charge in [-0.05, 0) is 36.4 Å². The van der Waals surface area contributed by atoms with Crippen LogP contribution in [-0.4, -0.2) is 45.7 Å². The van der Waals surface area contributed by atoms with Crippen LogP contribution in [0.1, 0.15) is 0 Å². The Balaban J connectivity index is 1.50. The van der Waals surface area contributed by atoms with Gasteiger partial charge in [-0.1, -0.05) is 23.7 Å². The number of piperazine rings is 1. The van der Waals surface area contributed by atoms with Gasteiger partial charge in [0.05, 0.1) is 39.0 Å². The predicted molar refractivity (Wildman–Crippen MR) is 101 cm³/mol. The summed E-state index contributed by atoms with van der Waals surface area (Å²) < 4.78 is 5.44. The fourth-order valence-corrected chi connectivity index (χ4v) is 3.22. The SMILES string of the molecule is COc1ccccc1N1CC[NH+](CC(=O)Nc2ccc(Cl)cc2)CC1. The van der Waals surface area contributed by atoms with E-state index in [0.717, 1.165) is 43.3 Å². The van der Waals surface area contributed by atoms with Gasteiger partial charge < -0.3 is 19.9 Å². The van der Waals surface area contributed by atoms with Crippen molar-refractivity contribution in [2.45, 2.75) is 0 Å². The molecule has 132 valence electrons. The van der Waals surface area contributed by atoms with Crippen LogP contribution in [0.4, 0.5) is 11.4 Å². The predicted octanol–water partition coefficient (Wildman–Crippen LogP) is 1.69. The number of benzene rings is 2. The quantitative estimate of drug-likeness (QED) is 0.853. The number of nitrogens with one attached hydrogen (secondary N) is 2. The molecule has 5 nitrogen and oxygen atoms in total. The standard InChI is InChI=1S/C19H22ClN3O2/c1-25-18-5-3-2-4-17(18)23-12-10-22(11-13-23)14-19(24)21-16-8-6-15(20)7-9-16/h2-9H,10-14H2,1H3,(H,21,24)/p+1. The molecule has 3 rings (SSSR count). The van der Waals surface area contributed by atoms with Crippen LogP contribution in [-0.2, 0) is 4.79 Å². The summed E-state index contributed by atoms with van der Waals surface area (Å²) in [6.45, 7) is 4.13. The van der Waals surface area contributed by atoms with E-state index in [4.69, 9.17) is 16.3 Å². The minimum absolute atomic E-state index is 0.0306. The van der Waals surface area contributed by atoms with E-state index in [1.165, 1.54) is 4.90 Å². The van der Waals surface area contributed by atoms with Crippen molar-refractivity contribution in [1.82, 2.24) is 0 Å². The Hall–Kier alpha value is -2.24. The number of carbonyl (C=O) groups excluding carboxylic acids is 1. The van der Waals surface area contributed by atoms with Crippen LogP contribution in [0.2, 0.25) is 5.02 Å². The fourth-order valence-electron chi connectivity index (χ4n) is 3.10. The molecule has 0 unspecified atom stereocenters. The molecule has 1 amide bonds. The molecule has 0 saturated carbocycles. The van der Waals surface area contributed by atoms with Crippen LogP contribution in [0.15, 0.2) is 48.5 Å². The van der Waals surface area contributed by atoms with Crippen LogP contribution in [0.3, 0.4) is 0 Å². The maximum absolute atomic E-state index is 12.2. The lowest BCUT2D eigenvalue weighted by molar-refractivity contribution is -0.892. The second-order valence-electron chi connectivity index (χ2n) is 6.14. The van der Waals surface area contributed by atoms with Crippen molar-refractivity contribution in [3.8, 4) is 5.75 Å². The Kier molecular flexibility index (Phi) is 5.79. The number of carbonyl (C=O) groups is 1. The number of halogens is 1. The van der Waals surface area contributed by atoms with Crippen LogP contribution in [0.5, 0.6) is 5.75 Å². The number of para-hydroxylation sites is 2. The number of ether oxygens (including phenoxy) is 1. The molecule has 0 radical (unpaired) electrons. The van der Waals surface area contributed by atoms with Crippen molar-refractivity contribution < 1.29 is 14.4 Å². The first-order valence-corrected chi connectivity index (χ1v) is 8.80. The lowest BCUT2D eigenvalue weighted by atomic mass is 10.2. The molecule has 2 aromatic rings. The fraction of sp³-hybridized carbons (Fsp3) is 0.316. The highest BCUT2D eigenvalue weighted by atomic mass is 35.5. The van der Waals surface area contributed by atoms with Crippen LogP contribution in [0, 0.1) is 0 Å². The first-order chi connectivity index (χ1) is 12.2. The number of anilines is 2. The molecule has 6 heteroatoms. The van der Waals surface area contributed by atoms with E-state index in [9.17, 15) is 4.79 Å². The van der Waals surface area contributed by atoms with Crippen LogP contribution in [0.25, 0.3) is 0 Å². The molecule has 1 heterocycles. The van der Waals surface area contributed by atoms with Gasteiger partial charge in [0.1, 0.15) is 5.75 Å². The molecule has 0 aromatic heterocycles. The van der Waals surface area contributed by atoms with Crippen molar-refractivity contribution >= 4 is 28.9 Å². The van der Waals surface area contributed by atoms with Gasteiger partial charge in [-0.25, -0.2) is 0 Å². The van der Waals surface area contributed by atoms with E-state index < -0.39 is 0 Å². The molecule has 0 atom stereocenters. The van der Waals surface area contributed by atoms with Crippen LogP contribution < -0.4 is 19.9 Å². The van der Waals surface area contributed by atoms with Gasteiger partial charge in [0, 0.05) is 10.7 Å². The summed E-state index contributed by atoms with van der Waals surface area (Å²) in [5.41, 5.74) is 1.90. The highest BCUT2D eigenvalue weighted by molar-refractivity contribution is 6.30. The first-order valence-electron chi connectivity index (χ1n) is 8.42. The number of methoxy groups -OCH3 is 1. The monoisotopic (exact) mass is 360 g/mol. The highest BCUT2D eigenvalue weighted by Gasteiger charge is 2.23. The van der Waals surface area contributed by atoms with Gasteiger partial charge in [-0.2, -0.15) is 0 Å². The Morgan fingerprint density at radius 1 is 1.16 bits per heavy atom. The van der Waals surface area contributed by atoms with Crippen molar-refractivity contribution in [2.75, 3.05) is 50.1 Å². The van der Waals surface area contributed by atoms with Crippen molar-refractivity contribution in [3.63, 3.8) is 0 Å². The van der Waals surface area contributed by atoms with Crippen LogP contribution >= 0.6 is 11.6 Å². The molecule has 0 bridgehead atoms. The molecule has 1 aliphatic heterocycles. The number of hydrogen-bond acceptors (Lipinski definition) is 3. The van der Waals surface area contributed by atoms with Gasteiger partial charge in [0.25, 0.3) is 5.91 Å². The molecule has 0 spiro atoms. The maximum Gasteiger partial charge on any atom is 0.279 e. The van der Waals surface area contributed by atoms with Gasteiger partial charge in [0.15, 0.2) is 6.54 Å². The third-order valence-electron chi connectivity index (χ3n) is 4.43. The Morgan fingerprint density at radius 2 is 1.84 bits per heavy atom. The Bertz CT molecular complexity index is 713. The summed E-state index contributed by atoms with van der Waals surface area (Å²) in [5, 5.41) is 3.59. The average molecular weight is 361 g/mol. The number of amides is 1. The zero-order valence-corrected chi connectivity index (χ0v) is 15.1. The molecule has 1 aliphatic rings. The van der Waals surface area contributed by atoms with Gasteiger partial charge in [0.2, 0.25) is 0 Å².